The largest absolute Gasteiger partial charge is 0.398 e. The molecule has 102 valence electrons. The van der Waals surface area contributed by atoms with E-state index in [9.17, 15) is 0 Å². The van der Waals surface area contributed by atoms with E-state index in [1.807, 2.05) is 36.9 Å². The Hall–Kier alpha value is -1.13. The van der Waals surface area contributed by atoms with Crippen molar-refractivity contribution in [3.8, 4) is 0 Å². The van der Waals surface area contributed by atoms with E-state index in [1.54, 1.807) is 11.8 Å². The molecular weight excluding hydrogens is 278 g/mol. The number of thioether (sulfide) groups is 1. The molecule has 1 aromatic carbocycles. The summed E-state index contributed by atoms with van der Waals surface area (Å²) in [6, 6.07) is 6.08. The summed E-state index contributed by atoms with van der Waals surface area (Å²) in [7, 11) is 1.93. The van der Waals surface area contributed by atoms with E-state index >= 15 is 0 Å². The SMILES string of the molecule is CCc1nn(C)c(CSc2cccc(C)c2N)c1Cl. The number of anilines is 1. The maximum absolute atomic E-state index is 6.34. The fraction of sp³-hybridized carbons (Fsp3) is 0.357. The molecule has 0 saturated heterocycles. The second-order valence-electron chi connectivity index (χ2n) is 4.46. The van der Waals surface area contributed by atoms with Crippen molar-refractivity contribution in [2.24, 2.45) is 7.05 Å². The van der Waals surface area contributed by atoms with Crippen LogP contribution in [0.3, 0.4) is 0 Å². The first kappa shape index (κ1) is 14.3. The summed E-state index contributed by atoms with van der Waals surface area (Å²) in [5.41, 5.74) is 10.0. The van der Waals surface area contributed by atoms with Crippen molar-refractivity contribution in [3.63, 3.8) is 0 Å². The second kappa shape index (κ2) is 5.88. The minimum Gasteiger partial charge on any atom is -0.398 e. The zero-order valence-electron chi connectivity index (χ0n) is 11.4. The number of rotatable bonds is 4. The molecule has 0 atom stereocenters. The Balaban J connectivity index is 2.19. The summed E-state index contributed by atoms with van der Waals surface area (Å²) < 4.78 is 1.86. The van der Waals surface area contributed by atoms with Crippen molar-refractivity contribution in [2.75, 3.05) is 5.73 Å². The van der Waals surface area contributed by atoms with Crippen molar-refractivity contribution in [3.05, 3.63) is 40.2 Å². The standard InChI is InChI=1S/C14H18ClN3S/c1-4-10-13(15)11(18(3)17-10)8-19-12-7-5-6-9(2)14(12)16/h5-7H,4,8,16H2,1-3H3. The molecular formula is C14H18ClN3S. The van der Waals surface area contributed by atoms with Crippen LogP contribution < -0.4 is 5.73 Å². The van der Waals surface area contributed by atoms with E-state index in [4.69, 9.17) is 17.3 Å². The highest BCUT2D eigenvalue weighted by Gasteiger charge is 2.13. The normalized spacial score (nSPS) is 10.9. The molecule has 2 aromatic rings. The number of hydrogen-bond acceptors (Lipinski definition) is 3. The zero-order valence-corrected chi connectivity index (χ0v) is 13.0. The molecule has 5 heteroatoms. The highest BCUT2D eigenvalue weighted by Crippen LogP contribution is 2.32. The molecule has 2 N–H and O–H groups in total. The van der Waals surface area contributed by atoms with Crippen LogP contribution >= 0.6 is 23.4 Å². The molecule has 0 saturated carbocycles. The summed E-state index contributed by atoms with van der Waals surface area (Å²) >= 11 is 8.04. The van der Waals surface area contributed by atoms with Gasteiger partial charge in [0.15, 0.2) is 0 Å². The maximum atomic E-state index is 6.34. The lowest BCUT2D eigenvalue weighted by atomic mass is 10.2. The van der Waals surface area contributed by atoms with E-state index < -0.39 is 0 Å². The Bertz CT molecular complexity index is 593. The Morgan fingerprint density at radius 1 is 1.42 bits per heavy atom. The summed E-state index contributed by atoms with van der Waals surface area (Å²) in [4.78, 5) is 1.09. The number of hydrogen-bond donors (Lipinski definition) is 1. The monoisotopic (exact) mass is 295 g/mol. The number of para-hydroxylation sites is 1. The summed E-state index contributed by atoms with van der Waals surface area (Å²) in [6.07, 6.45) is 0.851. The van der Waals surface area contributed by atoms with Gasteiger partial charge >= 0.3 is 0 Å². The minimum absolute atomic E-state index is 0.774. The second-order valence-corrected chi connectivity index (χ2v) is 5.86. The molecule has 0 spiro atoms. The van der Waals surface area contributed by atoms with Crippen LogP contribution in [0.5, 0.6) is 0 Å². The lowest BCUT2D eigenvalue weighted by molar-refractivity contribution is 0.720. The molecule has 0 amide bonds. The van der Waals surface area contributed by atoms with Gasteiger partial charge in [-0.1, -0.05) is 30.7 Å². The van der Waals surface area contributed by atoms with Crippen molar-refractivity contribution in [1.29, 1.82) is 0 Å². The van der Waals surface area contributed by atoms with Crippen LogP contribution in [0.25, 0.3) is 0 Å². The third-order valence-electron chi connectivity index (χ3n) is 3.15. The Labute approximate surface area is 123 Å². The van der Waals surface area contributed by atoms with Crippen molar-refractivity contribution >= 4 is 29.1 Å². The summed E-state index contributed by atoms with van der Waals surface area (Å²) in [5.74, 6) is 0.774. The average Bonchev–Trinajstić information content (AvgIpc) is 2.66. The maximum Gasteiger partial charge on any atom is 0.0858 e. The molecule has 0 fully saturated rings. The first-order valence-electron chi connectivity index (χ1n) is 6.22. The fourth-order valence-corrected chi connectivity index (χ4v) is 3.46. The van der Waals surface area contributed by atoms with Crippen molar-refractivity contribution < 1.29 is 0 Å². The number of aryl methyl sites for hydroxylation is 3. The average molecular weight is 296 g/mol. The van der Waals surface area contributed by atoms with Crippen LogP contribution in [-0.2, 0) is 19.2 Å². The molecule has 19 heavy (non-hydrogen) atoms. The Kier molecular flexibility index (Phi) is 4.42. The third-order valence-corrected chi connectivity index (χ3v) is 4.67. The number of halogens is 1. The van der Waals surface area contributed by atoms with Crippen molar-refractivity contribution in [1.82, 2.24) is 9.78 Å². The van der Waals surface area contributed by atoms with Crippen LogP contribution in [0.15, 0.2) is 23.1 Å². The Morgan fingerprint density at radius 3 is 2.79 bits per heavy atom. The fourth-order valence-electron chi connectivity index (χ4n) is 1.90. The first-order chi connectivity index (χ1) is 9.04. The van der Waals surface area contributed by atoms with E-state index in [-0.39, 0.29) is 0 Å². The quantitative estimate of drug-likeness (QED) is 0.689. The van der Waals surface area contributed by atoms with E-state index in [0.717, 1.165) is 44.7 Å². The summed E-state index contributed by atoms with van der Waals surface area (Å²) in [5, 5.41) is 5.20. The van der Waals surface area contributed by atoms with Gasteiger partial charge in [-0.2, -0.15) is 5.10 Å². The van der Waals surface area contributed by atoms with Gasteiger partial charge in [-0.05, 0) is 25.0 Å². The van der Waals surface area contributed by atoms with Gasteiger partial charge in [0, 0.05) is 23.4 Å². The minimum atomic E-state index is 0.774. The molecule has 0 aliphatic rings. The Morgan fingerprint density at radius 2 is 2.16 bits per heavy atom. The predicted octanol–water partition coefficient (Wildman–Crippen LogP) is 3.82. The van der Waals surface area contributed by atoms with Gasteiger partial charge in [-0.25, -0.2) is 0 Å². The van der Waals surface area contributed by atoms with Crippen LogP contribution in [0.1, 0.15) is 23.9 Å². The van der Waals surface area contributed by atoms with E-state index in [1.165, 1.54) is 0 Å². The van der Waals surface area contributed by atoms with Gasteiger partial charge in [0.05, 0.1) is 16.4 Å². The van der Waals surface area contributed by atoms with Crippen molar-refractivity contribution in [2.45, 2.75) is 30.9 Å². The third kappa shape index (κ3) is 2.90. The number of nitrogens with two attached hydrogens (primary N) is 1. The summed E-state index contributed by atoms with van der Waals surface area (Å²) in [6.45, 7) is 4.08. The molecule has 0 unspecified atom stereocenters. The van der Waals surface area contributed by atoms with Gasteiger partial charge in [0.2, 0.25) is 0 Å². The smallest absolute Gasteiger partial charge is 0.0858 e. The predicted molar refractivity (Wildman–Crippen MR) is 82.7 cm³/mol. The van der Waals surface area contributed by atoms with Gasteiger partial charge in [-0.3, -0.25) is 4.68 Å². The van der Waals surface area contributed by atoms with Crippen LogP contribution in [0, 0.1) is 6.92 Å². The van der Waals surface area contributed by atoms with Crippen LogP contribution in [0.4, 0.5) is 5.69 Å². The molecule has 3 nitrogen and oxygen atoms in total. The van der Waals surface area contributed by atoms with Crippen LogP contribution in [0.2, 0.25) is 5.02 Å². The molecule has 0 radical (unpaired) electrons. The number of benzene rings is 1. The highest BCUT2D eigenvalue weighted by molar-refractivity contribution is 7.98. The molecule has 0 bridgehead atoms. The highest BCUT2D eigenvalue weighted by atomic mass is 35.5. The number of nitrogen functional groups attached to an aromatic ring is 1. The van der Waals surface area contributed by atoms with Gasteiger partial charge < -0.3 is 5.73 Å². The van der Waals surface area contributed by atoms with Gasteiger partial charge in [-0.15, -0.1) is 11.8 Å². The van der Waals surface area contributed by atoms with Gasteiger partial charge in [0.25, 0.3) is 0 Å². The molecule has 0 aliphatic carbocycles. The molecule has 2 rings (SSSR count). The van der Waals surface area contributed by atoms with Crippen LogP contribution in [-0.4, -0.2) is 9.78 Å². The van der Waals surface area contributed by atoms with Gasteiger partial charge in [0.1, 0.15) is 0 Å². The molecule has 1 heterocycles. The van der Waals surface area contributed by atoms with E-state index in [2.05, 4.69) is 12.0 Å². The molecule has 1 aromatic heterocycles. The lowest BCUT2D eigenvalue weighted by Gasteiger charge is -2.08. The topological polar surface area (TPSA) is 43.8 Å². The lowest BCUT2D eigenvalue weighted by Crippen LogP contribution is -1.98. The number of nitrogens with zero attached hydrogens (tertiary/aromatic N) is 2. The van der Waals surface area contributed by atoms with E-state index in [0.29, 0.717) is 0 Å². The first-order valence-corrected chi connectivity index (χ1v) is 7.59. The molecule has 0 aliphatic heterocycles. The zero-order chi connectivity index (χ0) is 14.0. The number of aromatic nitrogens is 2.